The van der Waals surface area contributed by atoms with Crippen molar-refractivity contribution < 1.29 is 9.59 Å². The zero-order valence-corrected chi connectivity index (χ0v) is 15.6. The number of hydrogen-bond donors (Lipinski definition) is 0. The first kappa shape index (κ1) is 18.5. The Labute approximate surface area is 162 Å². The van der Waals surface area contributed by atoms with Crippen LogP contribution in [-0.2, 0) is 4.79 Å². The summed E-state index contributed by atoms with van der Waals surface area (Å²) in [6.07, 6.45) is 1.30. The van der Waals surface area contributed by atoms with Gasteiger partial charge in [0.2, 0.25) is 5.91 Å². The molecule has 0 radical (unpaired) electrons. The van der Waals surface area contributed by atoms with Crippen molar-refractivity contribution in [2.24, 2.45) is 0 Å². The lowest BCUT2D eigenvalue weighted by atomic mass is 10.0. The Morgan fingerprint density at radius 3 is 2.15 bits per heavy atom. The van der Waals surface area contributed by atoms with Gasteiger partial charge in [-0.3, -0.25) is 9.59 Å². The third-order valence-corrected chi connectivity index (χ3v) is 5.09. The van der Waals surface area contributed by atoms with Gasteiger partial charge in [-0.25, -0.2) is 0 Å². The normalized spacial score (nSPS) is 14.2. The minimum Gasteiger partial charge on any atom is -0.336 e. The summed E-state index contributed by atoms with van der Waals surface area (Å²) < 4.78 is 0. The summed E-state index contributed by atoms with van der Waals surface area (Å²) in [7, 11) is 0. The van der Waals surface area contributed by atoms with Crippen LogP contribution in [0.1, 0.15) is 10.4 Å². The molecule has 26 heavy (non-hydrogen) atoms. The van der Waals surface area contributed by atoms with Gasteiger partial charge in [0.05, 0.1) is 0 Å². The Kier molecular flexibility index (Phi) is 5.64. The summed E-state index contributed by atoms with van der Waals surface area (Å²) in [6.45, 7) is 5.48. The lowest BCUT2D eigenvalue weighted by Crippen LogP contribution is -2.50. The first-order valence-electron chi connectivity index (χ1n) is 8.26. The van der Waals surface area contributed by atoms with E-state index < -0.39 is 0 Å². The number of piperazine rings is 1. The summed E-state index contributed by atoms with van der Waals surface area (Å²) in [5.41, 5.74) is 2.06. The van der Waals surface area contributed by atoms with Crippen LogP contribution in [-0.4, -0.2) is 47.8 Å². The van der Waals surface area contributed by atoms with Crippen LogP contribution in [0.5, 0.6) is 0 Å². The highest BCUT2D eigenvalue weighted by Gasteiger charge is 2.24. The monoisotopic (exact) mass is 388 g/mol. The van der Waals surface area contributed by atoms with Crippen molar-refractivity contribution in [1.29, 1.82) is 0 Å². The highest BCUT2D eigenvalue weighted by Crippen LogP contribution is 2.34. The molecule has 1 saturated heterocycles. The summed E-state index contributed by atoms with van der Waals surface area (Å²) in [6, 6.07) is 12.6. The van der Waals surface area contributed by atoms with E-state index in [0.29, 0.717) is 41.8 Å². The largest absolute Gasteiger partial charge is 0.336 e. The molecule has 2 amide bonds. The molecule has 0 saturated carbocycles. The lowest BCUT2D eigenvalue weighted by molar-refractivity contribution is -0.127. The minimum atomic E-state index is -0.107. The molecule has 0 N–H and O–H groups in total. The number of nitrogens with zero attached hydrogens (tertiary/aromatic N) is 2. The van der Waals surface area contributed by atoms with Gasteiger partial charge in [0.1, 0.15) is 0 Å². The van der Waals surface area contributed by atoms with E-state index in [1.165, 1.54) is 6.08 Å². The maximum atomic E-state index is 12.9. The molecular formula is C20H18Cl2N2O2. The second kappa shape index (κ2) is 7.94. The molecule has 0 spiro atoms. The molecule has 4 nitrogen and oxygen atoms in total. The van der Waals surface area contributed by atoms with Crippen LogP contribution in [0.4, 0.5) is 0 Å². The highest BCUT2D eigenvalue weighted by molar-refractivity contribution is 6.36. The fourth-order valence-electron chi connectivity index (χ4n) is 2.99. The van der Waals surface area contributed by atoms with Crippen LogP contribution in [0, 0.1) is 0 Å². The third-order valence-electron chi connectivity index (χ3n) is 4.43. The number of hydrogen-bond acceptors (Lipinski definition) is 2. The van der Waals surface area contributed by atoms with Gasteiger partial charge < -0.3 is 9.80 Å². The maximum absolute atomic E-state index is 12.9. The number of amides is 2. The van der Waals surface area contributed by atoms with Gasteiger partial charge in [0, 0.05) is 52.9 Å². The van der Waals surface area contributed by atoms with Crippen molar-refractivity contribution in [1.82, 2.24) is 9.80 Å². The molecule has 1 heterocycles. The van der Waals surface area contributed by atoms with Gasteiger partial charge in [-0.1, -0.05) is 48.0 Å². The number of carbonyl (C=O) groups is 2. The summed E-state index contributed by atoms with van der Waals surface area (Å²) in [4.78, 5) is 27.9. The third kappa shape index (κ3) is 3.76. The van der Waals surface area contributed by atoms with Gasteiger partial charge in [-0.15, -0.1) is 0 Å². The molecule has 0 atom stereocenters. The van der Waals surface area contributed by atoms with Gasteiger partial charge in [0.25, 0.3) is 5.91 Å². The van der Waals surface area contributed by atoms with E-state index in [1.54, 1.807) is 34.1 Å². The second-order valence-electron chi connectivity index (χ2n) is 6.00. The van der Waals surface area contributed by atoms with Crippen molar-refractivity contribution in [2.45, 2.75) is 0 Å². The minimum absolute atomic E-state index is 0.0827. The molecule has 1 aliphatic rings. The van der Waals surface area contributed by atoms with Gasteiger partial charge in [-0.05, 0) is 30.3 Å². The van der Waals surface area contributed by atoms with E-state index >= 15 is 0 Å². The zero-order chi connectivity index (χ0) is 18.7. The van der Waals surface area contributed by atoms with Crippen LogP contribution in [0.15, 0.2) is 55.1 Å². The van der Waals surface area contributed by atoms with Crippen LogP contribution in [0.3, 0.4) is 0 Å². The molecule has 2 aromatic rings. The Morgan fingerprint density at radius 1 is 0.885 bits per heavy atom. The molecule has 0 aromatic heterocycles. The van der Waals surface area contributed by atoms with Crippen molar-refractivity contribution in [2.75, 3.05) is 26.2 Å². The molecule has 1 aliphatic heterocycles. The van der Waals surface area contributed by atoms with Crippen LogP contribution in [0.25, 0.3) is 11.1 Å². The van der Waals surface area contributed by atoms with E-state index in [2.05, 4.69) is 6.58 Å². The Hall–Kier alpha value is -2.30. The number of benzene rings is 2. The molecular weight excluding hydrogens is 371 g/mol. The number of rotatable bonds is 3. The first-order chi connectivity index (χ1) is 12.5. The average molecular weight is 389 g/mol. The Morgan fingerprint density at radius 2 is 1.50 bits per heavy atom. The summed E-state index contributed by atoms with van der Waals surface area (Å²) in [5, 5.41) is 1.12. The van der Waals surface area contributed by atoms with E-state index in [0.717, 1.165) is 11.1 Å². The summed E-state index contributed by atoms with van der Waals surface area (Å²) in [5.74, 6) is -0.190. The Balaban J connectivity index is 1.81. The molecule has 6 heteroatoms. The van der Waals surface area contributed by atoms with Gasteiger partial charge in [0.15, 0.2) is 0 Å². The van der Waals surface area contributed by atoms with Crippen molar-refractivity contribution in [3.63, 3.8) is 0 Å². The molecule has 2 aromatic carbocycles. The molecule has 0 unspecified atom stereocenters. The SMILES string of the molecule is C=CC(=O)N1CCN(C(=O)c2ccc(Cl)c(-c3ccccc3Cl)c2)CC1. The molecule has 0 aliphatic carbocycles. The van der Waals surface area contributed by atoms with Crippen molar-refractivity contribution in [3.8, 4) is 11.1 Å². The fraction of sp³-hybridized carbons (Fsp3) is 0.200. The highest BCUT2D eigenvalue weighted by atomic mass is 35.5. The standard InChI is InChI=1S/C20H18Cl2N2O2/c1-2-19(25)23-9-11-24(12-10-23)20(26)14-7-8-18(22)16(13-14)15-5-3-4-6-17(15)21/h2-8,13H,1,9-12H2. The number of halogens is 2. The van der Waals surface area contributed by atoms with E-state index in [-0.39, 0.29) is 11.8 Å². The molecule has 134 valence electrons. The van der Waals surface area contributed by atoms with Crippen molar-refractivity contribution in [3.05, 3.63) is 70.7 Å². The van der Waals surface area contributed by atoms with Crippen LogP contribution < -0.4 is 0 Å². The number of carbonyl (C=O) groups excluding carboxylic acids is 2. The maximum Gasteiger partial charge on any atom is 0.253 e. The van der Waals surface area contributed by atoms with Crippen molar-refractivity contribution >= 4 is 35.0 Å². The van der Waals surface area contributed by atoms with Crippen LogP contribution >= 0.6 is 23.2 Å². The van der Waals surface area contributed by atoms with Gasteiger partial charge >= 0.3 is 0 Å². The molecule has 1 fully saturated rings. The van der Waals surface area contributed by atoms with Crippen LogP contribution in [0.2, 0.25) is 10.0 Å². The van der Waals surface area contributed by atoms with E-state index in [9.17, 15) is 9.59 Å². The first-order valence-corrected chi connectivity index (χ1v) is 9.02. The second-order valence-corrected chi connectivity index (χ2v) is 6.81. The topological polar surface area (TPSA) is 40.6 Å². The Bertz CT molecular complexity index is 859. The van der Waals surface area contributed by atoms with E-state index in [1.807, 2.05) is 18.2 Å². The quantitative estimate of drug-likeness (QED) is 0.741. The zero-order valence-electron chi connectivity index (χ0n) is 14.1. The fourth-order valence-corrected chi connectivity index (χ4v) is 3.44. The molecule has 3 rings (SSSR count). The average Bonchev–Trinajstić information content (AvgIpc) is 2.68. The predicted molar refractivity (Wildman–Crippen MR) is 105 cm³/mol. The lowest BCUT2D eigenvalue weighted by Gasteiger charge is -2.34. The summed E-state index contributed by atoms with van der Waals surface area (Å²) >= 11 is 12.6. The van der Waals surface area contributed by atoms with Gasteiger partial charge in [-0.2, -0.15) is 0 Å². The van der Waals surface area contributed by atoms with E-state index in [4.69, 9.17) is 23.2 Å². The molecule has 0 bridgehead atoms. The predicted octanol–water partition coefficient (Wildman–Crippen LogP) is 4.13. The smallest absolute Gasteiger partial charge is 0.253 e.